The number of hydrogen-bond acceptors (Lipinski definition) is 3. The smallest absolute Gasteiger partial charge is 0.255 e. The molecule has 0 aliphatic carbocycles. The highest BCUT2D eigenvalue weighted by atomic mass is 16.2. The number of nitrogens with one attached hydrogen (secondary N) is 1. The van der Waals surface area contributed by atoms with Gasteiger partial charge in [0.05, 0.1) is 11.3 Å². The fourth-order valence-corrected chi connectivity index (χ4v) is 3.92. The largest absolute Gasteiger partial charge is 0.339 e. The number of rotatable bonds is 5. The molecule has 2 fully saturated rings. The van der Waals surface area contributed by atoms with Gasteiger partial charge in [-0.2, -0.15) is 0 Å². The summed E-state index contributed by atoms with van der Waals surface area (Å²) in [5.41, 5.74) is 2.57. The molecule has 2 heterocycles. The molecule has 6 nitrogen and oxygen atoms in total. The summed E-state index contributed by atoms with van der Waals surface area (Å²) in [5, 5.41) is 2.88. The van der Waals surface area contributed by atoms with Gasteiger partial charge in [-0.3, -0.25) is 14.4 Å². The summed E-state index contributed by atoms with van der Waals surface area (Å²) in [7, 11) is 0. The second-order valence-corrected chi connectivity index (χ2v) is 7.61. The van der Waals surface area contributed by atoms with Crippen molar-refractivity contribution >= 4 is 23.4 Å². The number of hydrogen-bond donors (Lipinski definition) is 1. The van der Waals surface area contributed by atoms with Crippen LogP contribution in [0.1, 0.15) is 52.0 Å². The van der Waals surface area contributed by atoms with Gasteiger partial charge in [-0.15, -0.1) is 0 Å². The van der Waals surface area contributed by atoms with E-state index < -0.39 is 0 Å². The van der Waals surface area contributed by atoms with Gasteiger partial charge < -0.3 is 15.1 Å². The average molecular weight is 391 g/mol. The van der Waals surface area contributed by atoms with Crippen molar-refractivity contribution in [2.75, 3.05) is 25.0 Å². The van der Waals surface area contributed by atoms with Crippen LogP contribution in [0.4, 0.5) is 5.69 Å². The number of carbonyl (C=O) groups is 3. The normalized spacial score (nSPS) is 16.3. The highest BCUT2D eigenvalue weighted by Gasteiger charge is 2.23. The first-order valence-corrected chi connectivity index (χ1v) is 10.2. The molecular weight excluding hydrogens is 366 g/mol. The lowest BCUT2D eigenvalue weighted by atomic mass is 10.1. The molecule has 2 aromatic rings. The lowest BCUT2D eigenvalue weighted by Gasteiger charge is -2.18. The van der Waals surface area contributed by atoms with Gasteiger partial charge >= 0.3 is 0 Å². The van der Waals surface area contributed by atoms with Gasteiger partial charge in [0.25, 0.3) is 11.8 Å². The first-order valence-electron chi connectivity index (χ1n) is 10.2. The van der Waals surface area contributed by atoms with Gasteiger partial charge in [0.1, 0.15) is 0 Å². The third-order valence-corrected chi connectivity index (χ3v) is 5.56. The van der Waals surface area contributed by atoms with Crippen LogP contribution < -0.4 is 5.32 Å². The molecule has 3 amide bonds. The number of benzene rings is 2. The molecule has 0 bridgehead atoms. The highest BCUT2D eigenvalue weighted by Crippen LogP contribution is 2.21. The number of nitrogens with zero attached hydrogens (tertiary/aromatic N) is 2. The van der Waals surface area contributed by atoms with Crippen molar-refractivity contribution in [2.45, 2.75) is 32.2 Å². The zero-order valence-electron chi connectivity index (χ0n) is 16.4. The van der Waals surface area contributed by atoms with Crippen molar-refractivity contribution < 1.29 is 14.4 Å². The standard InChI is InChI=1S/C23H25N3O3/c27-21-8-5-15-26(21)16-17-9-11-18(12-10-17)22(28)24-20-7-2-1-6-19(20)23(29)25-13-3-4-14-25/h1-2,6-7,9-12H,3-5,8,13-16H2,(H,24,28). The van der Waals surface area contributed by atoms with E-state index >= 15 is 0 Å². The first kappa shape index (κ1) is 19.2. The van der Waals surface area contributed by atoms with Gasteiger partial charge in [-0.25, -0.2) is 0 Å². The van der Waals surface area contributed by atoms with E-state index in [1.54, 1.807) is 24.3 Å². The summed E-state index contributed by atoms with van der Waals surface area (Å²) >= 11 is 0. The summed E-state index contributed by atoms with van der Waals surface area (Å²) in [6.45, 7) is 2.90. The molecule has 2 aliphatic heterocycles. The minimum absolute atomic E-state index is 0.0379. The number of likely N-dealkylation sites (tertiary alicyclic amines) is 2. The summed E-state index contributed by atoms with van der Waals surface area (Å²) in [6, 6.07) is 14.4. The molecular formula is C23H25N3O3. The van der Waals surface area contributed by atoms with Crippen LogP contribution in [0.2, 0.25) is 0 Å². The highest BCUT2D eigenvalue weighted by molar-refractivity contribution is 6.09. The molecule has 6 heteroatoms. The van der Waals surface area contributed by atoms with E-state index in [2.05, 4.69) is 5.32 Å². The van der Waals surface area contributed by atoms with E-state index in [1.165, 1.54) is 0 Å². The lowest BCUT2D eigenvalue weighted by molar-refractivity contribution is -0.128. The minimum Gasteiger partial charge on any atom is -0.339 e. The first-order chi connectivity index (χ1) is 14.1. The summed E-state index contributed by atoms with van der Waals surface area (Å²) in [5.74, 6) is -0.106. The summed E-state index contributed by atoms with van der Waals surface area (Å²) in [6.07, 6.45) is 3.58. The van der Waals surface area contributed by atoms with E-state index in [1.807, 2.05) is 34.1 Å². The molecule has 0 atom stereocenters. The van der Waals surface area contributed by atoms with Crippen molar-refractivity contribution in [3.8, 4) is 0 Å². The molecule has 1 N–H and O–H groups in total. The second-order valence-electron chi connectivity index (χ2n) is 7.61. The molecule has 2 aliphatic rings. The van der Waals surface area contributed by atoms with Crippen molar-refractivity contribution in [3.05, 3.63) is 65.2 Å². The number of carbonyl (C=O) groups excluding carboxylic acids is 3. The van der Waals surface area contributed by atoms with Gasteiger partial charge in [-0.1, -0.05) is 24.3 Å². The predicted octanol–water partition coefficient (Wildman–Crippen LogP) is 3.30. The molecule has 2 aromatic carbocycles. The number of para-hydroxylation sites is 1. The van der Waals surface area contributed by atoms with Crippen molar-refractivity contribution in [3.63, 3.8) is 0 Å². The van der Waals surface area contributed by atoms with E-state index in [-0.39, 0.29) is 17.7 Å². The third-order valence-electron chi connectivity index (χ3n) is 5.56. The molecule has 4 rings (SSSR count). The fraction of sp³-hybridized carbons (Fsp3) is 0.348. The van der Waals surface area contributed by atoms with Gasteiger partial charge in [0.2, 0.25) is 5.91 Å². The molecule has 0 radical (unpaired) electrons. The molecule has 0 spiro atoms. The third kappa shape index (κ3) is 4.31. The minimum atomic E-state index is -0.254. The molecule has 2 saturated heterocycles. The quantitative estimate of drug-likeness (QED) is 0.850. The fourth-order valence-electron chi connectivity index (χ4n) is 3.92. The Labute approximate surface area is 170 Å². The van der Waals surface area contributed by atoms with Gasteiger partial charge in [0.15, 0.2) is 0 Å². The van der Waals surface area contributed by atoms with Gasteiger partial charge in [0, 0.05) is 38.2 Å². The van der Waals surface area contributed by atoms with E-state index in [4.69, 9.17) is 0 Å². The topological polar surface area (TPSA) is 69.7 Å². The molecule has 0 unspecified atom stereocenters. The Balaban J connectivity index is 1.44. The second kappa shape index (κ2) is 8.47. The summed E-state index contributed by atoms with van der Waals surface area (Å²) in [4.78, 5) is 40.9. The Kier molecular flexibility index (Phi) is 5.60. The van der Waals surface area contributed by atoms with E-state index in [0.717, 1.165) is 44.5 Å². The van der Waals surface area contributed by atoms with Crippen LogP contribution in [0.15, 0.2) is 48.5 Å². The van der Waals surface area contributed by atoms with Crippen LogP contribution in [0.5, 0.6) is 0 Å². The van der Waals surface area contributed by atoms with Crippen LogP contribution in [-0.2, 0) is 11.3 Å². The van der Waals surface area contributed by atoms with Crippen molar-refractivity contribution in [2.24, 2.45) is 0 Å². The van der Waals surface area contributed by atoms with Crippen molar-refractivity contribution in [1.82, 2.24) is 9.80 Å². The maximum Gasteiger partial charge on any atom is 0.255 e. The summed E-state index contributed by atoms with van der Waals surface area (Å²) < 4.78 is 0. The Morgan fingerprint density at radius 2 is 1.62 bits per heavy atom. The van der Waals surface area contributed by atoms with Crippen LogP contribution >= 0.6 is 0 Å². The maximum absolute atomic E-state index is 12.8. The lowest BCUT2D eigenvalue weighted by Crippen LogP contribution is -2.28. The molecule has 150 valence electrons. The Hall–Kier alpha value is -3.15. The van der Waals surface area contributed by atoms with Gasteiger partial charge in [-0.05, 0) is 49.1 Å². The molecule has 0 aromatic heterocycles. The van der Waals surface area contributed by atoms with Crippen LogP contribution in [0.3, 0.4) is 0 Å². The molecule has 29 heavy (non-hydrogen) atoms. The predicted molar refractivity (Wildman–Crippen MR) is 111 cm³/mol. The van der Waals surface area contributed by atoms with E-state index in [9.17, 15) is 14.4 Å². The maximum atomic E-state index is 12.8. The zero-order chi connectivity index (χ0) is 20.2. The average Bonchev–Trinajstić information content (AvgIpc) is 3.41. The Morgan fingerprint density at radius 1 is 0.897 bits per heavy atom. The zero-order valence-corrected chi connectivity index (χ0v) is 16.4. The van der Waals surface area contributed by atoms with Crippen LogP contribution in [0.25, 0.3) is 0 Å². The number of amides is 3. The SMILES string of the molecule is O=C(Nc1ccccc1C(=O)N1CCCC1)c1ccc(CN2CCCC2=O)cc1. The monoisotopic (exact) mass is 391 g/mol. The van der Waals surface area contributed by atoms with E-state index in [0.29, 0.717) is 29.8 Å². The van der Waals surface area contributed by atoms with Crippen LogP contribution in [0, 0.1) is 0 Å². The number of anilines is 1. The van der Waals surface area contributed by atoms with Crippen molar-refractivity contribution in [1.29, 1.82) is 0 Å². The Morgan fingerprint density at radius 3 is 2.31 bits per heavy atom. The Bertz CT molecular complexity index is 917. The molecule has 0 saturated carbocycles. The van der Waals surface area contributed by atoms with Crippen LogP contribution in [-0.4, -0.2) is 47.2 Å².